The van der Waals surface area contributed by atoms with Gasteiger partial charge in [-0.3, -0.25) is 28.5 Å². The Morgan fingerprint density at radius 3 is 2.12 bits per heavy atom. The second-order valence-corrected chi connectivity index (χ2v) is 13.8. The van der Waals surface area contributed by atoms with Crippen LogP contribution < -0.4 is 21.5 Å². The van der Waals surface area contributed by atoms with Crippen LogP contribution in [0.4, 0.5) is 10.7 Å². The number of carbonyl (C=O) groups is 1. The number of amides is 1. The summed E-state index contributed by atoms with van der Waals surface area (Å²) in [5, 5.41) is 4.94. The quantitative estimate of drug-likeness (QED) is 0.231. The van der Waals surface area contributed by atoms with Crippen molar-refractivity contribution in [1.29, 1.82) is 0 Å². The molecule has 1 fully saturated rings. The Bertz CT molecular complexity index is 2460. The lowest BCUT2D eigenvalue weighted by atomic mass is 10.1. The van der Waals surface area contributed by atoms with Gasteiger partial charge in [0.25, 0.3) is 5.56 Å². The number of fused-ring (bicyclic) bond motifs is 3. The van der Waals surface area contributed by atoms with Gasteiger partial charge in [-0.2, -0.15) is 4.98 Å². The second kappa shape index (κ2) is 13.7. The van der Waals surface area contributed by atoms with Crippen LogP contribution in [0.2, 0.25) is 0 Å². The van der Waals surface area contributed by atoms with Gasteiger partial charge in [0, 0.05) is 29.9 Å². The number of hydrogen-bond donors (Lipinski definition) is 1. The van der Waals surface area contributed by atoms with Gasteiger partial charge in [-0.25, -0.2) is 9.59 Å². The van der Waals surface area contributed by atoms with Crippen molar-refractivity contribution in [3.63, 3.8) is 0 Å². The van der Waals surface area contributed by atoms with Gasteiger partial charge in [0.2, 0.25) is 5.95 Å². The van der Waals surface area contributed by atoms with Crippen LogP contribution >= 0.6 is 0 Å². The van der Waals surface area contributed by atoms with E-state index in [-0.39, 0.29) is 36.8 Å². The lowest BCUT2D eigenvalue weighted by Crippen LogP contribution is -2.49. The molecular formula is C39H40N8O4. The Morgan fingerprint density at radius 2 is 1.49 bits per heavy atom. The minimum absolute atomic E-state index is 0.0326. The van der Waals surface area contributed by atoms with Crippen LogP contribution in [0.15, 0.2) is 82.4 Å². The molecule has 12 nitrogen and oxygen atoms in total. The summed E-state index contributed by atoms with van der Waals surface area (Å²) in [5.74, 6) is 6.55. The number of hydrogen-bond acceptors (Lipinski definition) is 8. The van der Waals surface area contributed by atoms with Crippen molar-refractivity contribution in [3.05, 3.63) is 105 Å². The molecule has 0 saturated carbocycles. The van der Waals surface area contributed by atoms with Crippen LogP contribution in [-0.4, -0.2) is 59.5 Å². The molecule has 0 radical (unpaired) electrons. The van der Waals surface area contributed by atoms with E-state index in [2.05, 4.69) is 17.2 Å². The molecule has 0 bridgehead atoms. The van der Waals surface area contributed by atoms with E-state index in [0.717, 1.165) is 34.6 Å². The van der Waals surface area contributed by atoms with Crippen LogP contribution in [0.25, 0.3) is 33.0 Å². The summed E-state index contributed by atoms with van der Waals surface area (Å²) in [6.07, 6.45) is 1.05. The van der Waals surface area contributed by atoms with E-state index in [1.54, 1.807) is 11.5 Å². The monoisotopic (exact) mass is 684 g/mol. The van der Waals surface area contributed by atoms with Crippen LogP contribution in [0.5, 0.6) is 0 Å². The minimum Gasteiger partial charge on any atom is -0.444 e. The zero-order valence-electron chi connectivity index (χ0n) is 29.2. The predicted molar refractivity (Wildman–Crippen MR) is 198 cm³/mol. The molecule has 5 heterocycles. The summed E-state index contributed by atoms with van der Waals surface area (Å²) in [4.78, 5) is 58.3. The van der Waals surface area contributed by atoms with Crippen molar-refractivity contribution in [1.82, 2.24) is 34.0 Å². The molecule has 4 aromatic heterocycles. The number of nitrogens with zero attached hydrogens (tertiary/aromatic N) is 7. The van der Waals surface area contributed by atoms with Gasteiger partial charge in [0.05, 0.1) is 42.1 Å². The first-order valence-corrected chi connectivity index (χ1v) is 17.2. The standard InChI is InChI=1S/C39H40N8O4/c1-5-6-22-45-33-34(43-36(45)44-21-11-14-28(23-44)42-37(49)51-39(2,3)4)46(24-29-19-17-26-12-7-9-15-31(26)40-29)38(50)47(35(33)48)25-30-20-18-27-13-8-10-16-32(27)41-30/h7-10,12-13,15-20,28H,11,14,21-25H2,1-4H3,(H,42,49)/t28-/m1/s1. The van der Waals surface area contributed by atoms with Crippen molar-refractivity contribution in [2.75, 3.05) is 18.0 Å². The highest BCUT2D eigenvalue weighted by molar-refractivity contribution is 5.79. The minimum atomic E-state index is -0.628. The number of alkyl carbamates (subject to hydrolysis) is 1. The molecule has 1 atom stereocenters. The van der Waals surface area contributed by atoms with Crippen molar-refractivity contribution < 1.29 is 9.53 Å². The number of imidazole rings is 1. The fourth-order valence-electron chi connectivity index (χ4n) is 6.58. The Labute approximate surface area is 294 Å². The van der Waals surface area contributed by atoms with E-state index in [0.29, 0.717) is 30.4 Å². The van der Waals surface area contributed by atoms with Crippen LogP contribution in [-0.2, 0) is 24.4 Å². The average molecular weight is 685 g/mol. The van der Waals surface area contributed by atoms with Gasteiger partial charge < -0.3 is 15.0 Å². The molecule has 0 aliphatic carbocycles. The molecule has 1 aliphatic rings. The number of carbonyl (C=O) groups excluding carboxylic acids is 1. The van der Waals surface area contributed by atoms with Gasteiger partial charge in [0.15, 0.2) is 11.2 Å². The van der Waals surface area contributed by atoms with E-state index < -0.39 is 22.9 Å². The van der Waals surface area contributed by atoms with E-state index in [1.807, 2.05) is 98.5 Å². The summed E-state index contributed by atoms with van der Waals surface area (Å²) in [7, 11) is 0. The Balaban J connectivity index is 1.36. The summed E-state index contributed by atoms with van der Waals surface area (Å²) in [6.45, 7) is 8.53. The molecular weight excluding hydrogens is 644 g/mol. The summed E-state index contributed by atoms with van der Waals surface area (Å²) in [5.41, 5.74) is 1.68. The first kappa shape index (κ1) is 33.5. The SMILES string of the molecule is CC#CCn1c(N2CCC[C@@H](NC(=O)OC(C)(C)C)C2)nc2c1c(=O)n(Cc1ccc3ccccc3n1)c(=O)n2Cc1ccc2ccccc2n1. The van der Waals surface area contributed by atoms with Crippen LogP contribution in [0.1, 0.15) is 51.9 Å². The Morgan fingerprint density at radius 1 is 0.863 bits per heavy atom. The van der Waals surface area contributed by atoms with Gasteiger partial charge in [-0.1, -0.05) is 54.5 Å². The molecule has 51 heavy (non-hydrogen) atoms. The third kappa shape index (κ3) is 7.05. The molecule has 12 heteroatoms. The summed E-state index contributed by atoms with van der Waals surface area (Å²) < 4.78 is 10.1. The molecule has 6 aromatic rings. The topological polar surface area (TPSA) is 129 Å². The van der Waals surface area contributed by atoms with Crippen molar-refractivity contribution in [2.45, 2.75) is 71.8 Å². The van der Waals surface area contributed by atoms with E-state index in [1.165, 1.54) is 9.13 Å². The van der Waals surface area contributed by atoms with Crippen molar-refractivity contribution >= 4 is 45.0 Å². The number of benzene rings is 2. The first-order chi connectivity index (χ1) is 24.6. The number of piperidine rings is 1. The molecule has 7 rings (SSSR count). The van der Waals surface area contributed by atoms with Crippen molar-refractivity contribution in [2.24, 2.45) is 0 Å². The number of aromatic nitrogens is 6. The fourth-order valence-corrected chi connectivity index (χ4v) is 6.58. The van der Waals surface area contributed by atoms with Crippen LogP contribution in [0.3, 0.4) is 0 Å². The molecule has 1 amide bonds. The number of nitrogens with one attached hydrogen (secondary N) is 1. The predicted octanol–water partition coefficient (Wildman–Crippen LogP) is 5.07. The largest absolute Gasteiger partial charge is 0.444 e. The Kier molecular flexibility index (Phi) is 9.04. The lowest BCUT2D eigenvalue weighted by Gasteiger charge is -2.34. The maximum absolute atomic E-state index is 14.5. The van der Waals surface area contributed by atoms with E-state index in [9.17, 15) is 14.4 Å². The fraction of sp³-hybridized carbons (Fsp3) is 0.333. The first-order valence-electron chi connectivity index (χ1n) is 17.2. The summed E-state index contributed by atoms with van der Waals surface area (Å²) >= 11 is 0. The van der Waals surface area contributed by atoms with Gasteiger partial charge >= 0.3 is 11.8 Å². The maximum Gasteiger partial charge on any atom is 0.407 e. The zero-order chi connectivity index (χ0) is 35.7. The average Bonchev–Trinajstić information content (AvgIpc) is 3.49. The number of pyridine rings is 2. The third-order valence-electron chi connectivity index (χ3n) is 8.89. The number of anilines is 1. The van der Waals surface area contributed by atoms with Crippen molar-refractivity contribution in [3.8, 4) is 11.8 Å². The highest BCUT2D eigenvalue weighted by atomic mass is 16.6. The maximum atomic E-state index is 14.5. The molecule has 2 aromatic carbocycles. The molecule has 1 saturated heterocycles. The van der Waals surface area contributed by atoms with E-state index >= 15 is 0 Å². The van der Waals surface area contributed by atoms with Gasteiger partial charge in [-0.05, 0) is 64.8 Å². The molecule has 0 unspecified atom stereocenters. The van der Waals surface area contributed by atoms with Gasteiger partial charge in [0.1, 0.15) is 5.60 Å². The highest BCUT2D eigenvalue weighted by Crippen LogP contribution is 2.25. The van der Waals surface area contributed by atoms with E-state index in [4.69, 9.17) is 19.7 Å². The normalized spacial score (nSPS) is 14.8. The number of ether oxygens (including phenoxy) is 1. The Hall–Kier alpha value is -5.96. The molecule has 1 aliphatic heterocycles. The molecule has 0 spiro atoms. The lowest BCUT2D eigenvalue weighted by molar-refractivity contribution is 0.0499. The third-order valence-corrected chi connectivity index (χ3v) is 8.89. The summed E-state index contributed by atoms with van der Waals surface area (Å²) in [6, 6.07) is 22.9. The number of rotatable bonds is 7. The van der Waals surface area contributed by atoms with Gasteiger partial charge in [-0.15, -0.1) is 5.92 Å². The zero-order valence-corrected chi connectivity index (χ0v) is 29.2. The molecule has 260 valence electrons. The molecule has 1 N–H and O–H groups in total. The smallest absolute Gasteiger partial charge is 0.407 e. The second-order valence-electron chi connectivity index (χ2n) is 13.8. The highest BCUT2D eigenvalue weighted by Gasteiger charge is 2.30. The van der Waals surface area contributed by atoms with Crippen LogP contribution in [0, 0.1) is 11.8 Å². The number of para-hydroxylation sites is 2.